The fourth-order valence-electron chi connectivity index (χ4n) is 2.48. The summed E-state index contributed by atoms with van der Waals surface area (Å²) < 4.78 is 2.61. The van der Waals surface area contributed by atoms with E-state index in [1.807, 2.05) is 43.3 Å². The van der Waals surface area contributed by atoms with Crippen molar-refractivity contribution in [3.05, 3.63) is 75.0 Å². The summed E-state index contributed by atoms with van der Waals surface area (Å²) in [5.74, 6) is -0.132. The SMILES string of the molecule is Cc1ccccc1NC(=O)Cn1ccc(=O)c2cc(Br)ccc21. The minimum absolute atomic E-state index is 0.0585. The number of para-hydroxylation sites is 1. The molecular formula is C18H15BrN2O2. The van der Waals surface area contributed by atoms with Gasteiger partial charge in [-0.2, -0.15) is 0 Å². The van der Waals surface area contributed by atoms with Crippen molar-refractivity contribution in [3.63, 3.8) is 0 Å². The van der Waals surface area contributed by atoms with Crippen LogP contribution in [0.5, 0.6) is 0 Å². The number of benzene rings is 2. The third-order valence-electron chi connectivity index (χ3n) is 3.67. The number of hydrogen-bond acceptors (Lipinski definition) is 2. The van der Waals surface area contributed by atoms with Gasteiger partial charge < -0.3 is 9.88 Å². The second kappa shape index (κ2) is 6.38. The predicted molar refractivity (Wildman–Crippen MR) is 95.7 cm³/mol. The van der Waals surface area contributed by atoms with Crippen molar-refractivity contribution in [2.45, 2.75) is 13.5 Å². The zero-order valence-corrected chi connectivity index (χ0v) is 14.1. The standard InChI is InChI=1S/C18H15BrN2O2/c1-12-4-2-3-5-15(12)20-18(23)11-21-9-8-17(22)14-10-13(19)6-7-16(14)21/h2-10H,11H2,1H3,(H,20,23). The number of rotatable bonds is 3. The van der Waals surface area contributed by atoms with E-state index in [9.17, 15) is 9.59 Å². The maximum atomic E-state index is 12.3. The van der Waals surface area contributed by atoms with Gasteiger partial charge in [-0.25, -0.2) is 0 Å². The van der Waals surface area contributed by atoms with E-state index in [4.69, 9.17) is 0 Å². The van der Waals surface area contributed by atoms with Gasteiger partial charge in [0.25, 0.3) is 0 Å². The molecule has 0 spiro atoms. The van der Waals surface area contributed by atoms with E-state index in [1.54, 1.807) is 16.8 Å². The van der Waals surface area contributed by atoms with Crippen LogP contribution in [0.2, 0.25) is 0 Å². The van der Waals surface area contributed by atoms with Gasteiger partial charge in [0.2, 0.25) is 5.91 Å². The molecule has 0 saturated carbocycles. The van der Waals surface area contributed by atoms with Gasteiger partial charge in [0.05, 0.1) is 5.52 Å². The molecule has 4 nitrogen and oxygen atoms in total. The molecule has 3 aromatic rings. The van der Waals surface area contributed by atoms with E-state index in [0.717, 1.165) is 21.2 Å². The van der Waals surface area contributed by atoms with Gasteiger partial charge in [-0.1, -0.05) is 34.1 Å². The van der Waals surface area contributed by atoms with Crippen LogP contribution >= 0.6 is 15.9 Å². The first-order valence-corrected chi connectivity index (χ1v) is 7.98. The average molecular weight is 371 g/mol. The van der Waals surface area contributed by atoms with Crippen LogP contribution in [0.4, 0.5) is 5.69 Å². The third kappa shape index (κ3) is 3.35. The molecule has 0 unspecified atom stereocenters. The smallest absolute Gasteiger partial charge is 0.244 e. The number of fused-ring (bicyclic) bond motifs is 1. The van der Waals surface area contributed by atoms with Gasteiger partial charge in [0, 0.05) is 27.8 Å². The lowest BCUT2D eigenvalue weighted by molar-refractivity contribution is -0.116. The molecule has 1 aromatic heterocycles. The summed E-state index contributed by atoms with van der Waals surface area (Å²) in [6.45, 7) is 2.09. The molecule has 0 aliphatic carbocycles. The van der Waals surface area contributed by atoms with Crippen molar-refractivity contribution in [3.8, 4) is 0 Å². The highest BCUT2D eigenvalue weighted by atomic mass is 79.9. The Balaban J connectivity index is 1.90. The molecule has 0 fully saturated rings. The molecule has 1 N–H and O–H groups in total. The first kappa shape index (κ1) is 15.5. The summed E-state index contributed by atoms with van der Waals surface area (Å²) in [5.41, 5.74) is 2.48. The number of amides is 1. The van der Waals surface area contributed by atoms with E-state index >= 15 is 0 Å². The summed E-state index contributed by atoms with van der Waals surface area (Å²) in [6.07, 6.45) is 1.65. The second-order valence-corrected chi connectivity index (χ2v) is 6.25. The Morgan fingerprint density at radius 3 is 2.74 bits per heavy atom. The predicted octanol–water partition coefficient (Wildman–Crippen LogP) is 3.71. The Morgan fingerprint density at radius 1 is 1.17 bits per heavy atom. The van der Waals surface area contributed by atoms with Crippen molar-refractivity contribution >= 4 is 38.4 Å². The van der Waals surface area contributed by atoms with Crippen LogP contribution in [-0.2, 0) is 11.3 Å². The van der Waals surface area contributed by atoms with Crippen LogP contribution in [0.1, 0.15) is 5.56 Å². The van der Waals surface area contributed by atoms with Crippen LogP contribution < -0.4 is 10.7 Å². The van der Waals surface area contributed by atoms with Gasteiger partial charge in [-0.15, -0.1) is 0 Å². The molecule has 0 aliphatic rings. The van der Waals surface area contributed by atoms with Gasteiger partial charge in [0.1, 0.15) is 6.54 Å². The van der Waals surface area contributed by atoms with Crippen LogP contribution in [0, 0.1) is 6.92 Å². The number of anilines is 1. The Hall–Kier alpha value is -2.40. The highest BCUT2D eigenvalue weighted by Crippen LogP contribution is 2.18. The molecular weight excluding hydrogens is 356 g/mol. The number of aryl methyl sites for hydroxylation is 1. The van der Waals surface area contributed by atoms with Crippen molar-refractivity contribution in [1.29, 1.82) is 0 Å². The summed E-state index contributed by atoms with van der Waals surface area (Å²) in [7, 11) is 0. The number of halogens is 1. The summed E-state index contributed by atoms with van der Waals surface area (Å²) in [4.78, 5) is 24.3. The Morgan fingerprint density at radius 2 is 1.96 bits per heavy atom. The largest absolute Gasteiger partial charge is 0.338 e. The zero-order valence-electron chi connectivity index (χ0n) is 12.5. The van der Waals surface area contributed by atoms with E-state index in [1.165, 1.54) is 6.07 Å². The monoisotopic (exact) mass is 370 g/mol. The van der Waals surface area contributed by atoms with Crippen LogP contribution in [0.3, 0.4) is 0 Å². The number of nitrogens with zero attached hydrogens (tertiary/aromatic N) is 1. The van der Waals surface area contributed by atoms with Crippen LogP contribution in [0.25, 0.3) is 10.9 Å². The molecule has 1 amide bonds. The summed E-state index contributed by atoms with van der Waals surface area (Å²) in [5, 5.41) is 3.49. The average Bonchev–Trinajstić information content (AvgIpc) is 2.52. The molecule has 5 heteroatoms. The van der Waals surface area contributed by atoms with Crippen LogP contribution in [-0.4, -0.2) is 10.5 Å². The zero-order chi connectivity index (χ0) is 16.4. The number of carbonyl (C=O) groups excluding carboxylic acids is 1. The highest BCUT2D eigenvalue weighted by Gasteiger charge is 2.08. The topological polar surface area (TPSA) is 51.1 Å². The van der Waals surface area contributed by atoms with Crippen LogP contribution in [0.15, 0.2) is 64.0 Å². The molecule has 1 heterocycles. The third-order valence-corrected chi connectivity index (χ3v) is 4.17. The number of nitrogens with one attached hydrogen (secondary N) is 1. The number of carbonyl (C=O) groups is 1. The fourth-order valence-corrected chi connectivity index (χ4v) is 2.84. The van der Waals surface area contributed by atoms with Gasteiger partial charge in [-0.05, 0) is 36.8 Å². The van der Waals surface area contributed by atoms with E-state index in [0.29, 0.717) is 5.39 Å². The van der Waals surface area contributed by atoms with Crippen molar-refractivity contribution in [2.75, 3.05) is 5.32 Å². The molecule has 2 aromatic carbocycles. The Labute approximate surface area is 141 Å². The molecule has 0 radical (unpaired) electrons. The Bertz CT molecular complexity index is 947. The van der Waals surface area contributed by atoms with E-state index in [2.05, 4.69) is 21.2 Å². The van der Waals surface area contributed by atoms with Gasteiger partial charge in [-0.3, -0.25) is 9.59 Å². The summed E-state index contributed by atoms with van der Waals surface area (Å²) >= 11 is 3.37. The summed E-state index contributed by atoms with van der Waals surface area (Å²) in [6, 6.07) is 14.6. The fraction of sp³-hybridized carbons (Fsp3) is 0.111. The number of aromatic nitrogens is 1. The van der Waals surface area contributed by atoms with Crippen molar-refractivity contribution in [1.82, 2.24) is 4.57 Å². The normalized spacial score (nSPS) is 10.7. The number of pyridine rings is 1. The van der Waals surface area contributed by atoms with Crippen molar-refractivity contribution < 1.29 is 4.79 Å². The molecule has 0 bridgehead atoms. The lowest BCUT2D eigenvalue weighted by atomic mass is 10.2. The lowest BCUT2D eigenvalue weighted by Crippen LogP contribution is -2.20. The Kier molecular flexibility index (Phi) is 4.30. The molecule has 0 atom stereocenters. The first-order valence-electron chi connectivity index (χ1n) is 7.19. The van der Waals surface area contributed by atoms with E-state index in [-0.39, 0.29) is 17.9 Å². The minimum Gasteiger partial charge on any atom is -0.338 e. The quantitative estimate of drug-likeness (QED) is 0.763. The highest BCUT2D eigenvalue weighted by molar-refractivity contribution is 9.10. The van der Waals surface area contributed by atoms with E-state index < -0.39 is 0 Å². The second-order valence-electron chi connectivity index (χ2n) is 5.33. The minimum atomic E-state index is -0.132. The van der Waals surface area contributed by atoms with Gasteiger partial charge in [0.15, 0.2) is 5.43 Å². The molecule has 0 saturated heterocycles. The maximum Gasteiger partial charge on any atom is 0.244 e. The lowest BCUT2D eigenvalue weighted by Gasteiger charge is -2.12. The van der Waals surface area contributed by atoms with Crippen molar-refractivity contribution in [2.24, 2.45) is 0 Å². The molecule has 0 aliphatic heterocycles. The molecule has 23 heavy (non-hydrogen) atoms. The first-order chi connectivity index (χ1) is 11.0. The molecule has 116 valence electrons. The number of hydrogen-bond donors (Lipinski definition) is 1. The van der Waals surface area contributed by atoms with Gasteiger partial charge >= 0.3 is 0 Å². The maximum absolute atomic E-state index is 12.3. The molecule has 3 rings (SSSR count).